The summed E-state index contributed by atoms with van der Waals surface area (Å²) in [6, 6.07) is 3.81. The molecule has 0 saturated carbocycles. The molecule has 1 saturated heterocycles. The number of para-hydroxylation sites is 1. The van der Waals surface area contributed by atoms with Gasteiger partial charge in [0.15, 0.2) is 0 Å². The molecule has 0 aliphatic carbocycles. The molecule has 3 aromatic rings. The van der Waals surface area contributed by atoms with E-state index in [0.717, 1.165) is 16.5 Å². The molecular formula is C25H31N7O5. The van der Waals surface area contributed by atoms with Gasteiger partial charge >= 0.3 is 5.97 Å². The molecule has 196 valence electrons. The number of likely N-dealkylation sites (tertiary alicyclic amines) is 1. The Bertz CT molecular complexity index is 1270. The van der Waals surface area contributed by atoms with Crippen LogP contribution < -0.4 is 16.4 Å². The summed E-state index contributed by atoms with van der Waals surface area (Å²) < 4.78 is 0. The molecule has 0 bridgehead atoms. The standard InChI is InChI=1S/C25H31N7O5/c1-14(25(36)37)30-23(34)21-7-4-8-32(21)24(35)20(9-15-11-28-19-6-3-2-5-17(15)19)31-22(33)18(26)10-16-12-27-13-29-16/h2-3,5-6,11-14,18,20-21,28H,4,7-10,26H2,1H3,(H,27,29)(H,30,34)(H,31,33)(H,36,37). The third-order valence-electron chi connectivity index (χ3n) is 6.61. The minimum absolute atomic E-state index is 0.182. The van der Waals surface area contributed by atoms with Crippen molar-refractivity contribution in [1.29, 1.82) is 0 Å². The van der Waals surface area contributed by atoms with E-state index in [0.29, 0.717) is 25.1 Å². The molecule has 4 atom stereocenters. The van der Waals surface area contributed by atoms with Crippen molar-refractivity contribution in [3.05, 3.63) is 54.2 Å². The van der Waals surface area contributed by atoms with E-state index in [9.17, 15) is 19.2 Å². The van der Waals surface area contributed by atoms with Crippen LogP contribution in [0.15, 0.2) is 43.0 Å². The van der Waals surface area contributed by atoms with Crippen LogP contribution in [0.1, 0.15) is 31.0 Å². The van der Waals surface area contributed by atoms with Crippen LogP contribution in [0.5, 0.6) is 0 Å². The van der Waals surface area contributed by atoms with Gasteiger partial charge in [0.05, 0.1) is 12.4 Å². The number of carboxylic acid groups (broad SMARTS) is 1. The lowest BCUT2D eigenvalue weighted by atomic mass is 10.0. The van der Waals surface area contributed by atoms with E-state index < -0.39 is 47.9 Å². The number of amides is 3. The zero-order valence-corrected chi connectivity index (χ0v) is 20.4. The van der Waals surface area contributed by atoms with Gasteiger partial charge in [0.1, 0.15) is 18.1 Å². The summed E-state index contributed by atoms with van der Waals surface area (Å²) >= 11 is 0. The number of fused-ring (bicyclic) bond motifs is 1. The number of carboxylic acids is 1. The molecule has 4 rings (SSSR count). The van der Waals surface area contributed by atoms with Crippen LogP contribution >= 0.6 is 0 Å². The van der Waals surface area contributed by atoms with Crippen molar-refractivity contribution < 1.29 is 24.3 Å². The highest BCUT2D eigenvalue weighted by atomic mass is 16.4. The fourth-order valence-corrected chi connectivity index (χ4v) is 4.60. The Balaban J connectivity index is 1.55. The smallest absolute Gasteiger partial charge is 0.325 e. The number of hydrogen-bond acceptors (Lipinski definition) is 6. The van der Waals surface area contributed by atoms with Crippen molar-refractivity contribution in [2.45, 2.75) is 56.8 Å². The summed E-state index contributed by atoms with van der Waals surface area (Å²) in [5.74, 6) is -2.63. The number of nitrogens with zero attached hydrogens (tertiary/aromatic N) is 2. The number of H-pyrrole nitrogens is 2. The number of nitrogens with two attached hydrogens (primary N) is 1. The van der Waals surface area contributed by atoms with Gasteiger partial charge < -0.3 is 36.3 Å². The molecule has 37 heavy (non-hydrogen) atoms. The molecule has 0 spiro atoms. The highest BCUT2D eigenvalue weighted by Gasteiger charge is 2.39. The van der Waals surface area contributed by atoms with Gasteiger partial charge in [-0.2, -0.15) is 0 Å². The summed E-state index contributed by atoms with van der Waals surface area (Å²) in [5.41, 5.74) is 8.53. The number of carbonyl (C=O) groups is 4. The second-order valence-corrected chi connectivity index (χ2v) is 9.27. The van der Waals surface area contributed by atoms with E-state index >= 15 is 0 Å². The fraction of sp³-hybridized carbons (Fsp3) is 0.400. The number of rotatable bonds is 10. The van der Waals surface area contributed by atoms with Gasteiger partial charge in [-0.05, 0) is 31.4 Å². The van der Waals surface area contributed by atoms with Crippen LogP contribution in [-0.2, 0) is 32.0 Å². The monoisotopic (exact) mass is 509 g/mol. The third-order valence-corrected chi connectivity index (χ3v) is 6.61. The number of aromatic amines is 2. The molecule has 1 aliphatic rings. The van der Waals surface area contributed by atoms with Crippen molar-refractivity contribution in [2.24, 2.45) is 5.73 Å². The highest BCUT2D eigenvalue weighted by molar-refractivity contribution is 5.95. The fourth-order valence-electron chi connectivity index (χ4n) is 4.60. The molecule has 12 nitrogen and oxygen atoms in total. The Morgan fingerprint density at radius 1 is 1.19 bits per heavy atom. The molecule has 12 heteroatoms. The van der Waals surface area contributed by atoms with Gasteiger partial charge in [-0.25, -0.2) is 4.98 Å². The maximum absolute atomic E-state index is 13.8. The predicted octanol–water partition coefficient (Wildman–Crippen LogP) is 0.0686. The second-order valence-electron chi connectivity index (χ2n) is 9.27. The Morgan fingerprint density at radius 2 is 1.97 bits per heavy atom. The van der Waals surface area contributed by atoms with E-state index in [4.69, 9.17) is 10.8 Å². The lowest BCUT2D eigenvalue weighted by molar-refractivity contribution is -0.144. The van der Waals surface area contributed by atoms with E-state index in [-0.39, 0.29) is 12.8 Å². The van der Waals surface area contributed by atoms with Gasteiger partial charge in [-0.3, -0.25) is 19.2 Å². The van der Waals surface area contributed by atoms with Gasteiger partial charge in [0, 0.05) is 48.4 Å². The average Bonchev–Trinajstić information content (AvgIpc) is 3.64. The van der Waals surface area contributed by atoms with Crippen LogP contribution in [0, 0.1) is 0 Å². The molecule has 3 amide bonds. The van der Waals surface area contributed by atoms with Gasteiger partial charge in [-0.1, -0.05) is 18.2 Å². The SMILES string of the molecule is CC(NC(=O)C1CCCN1C(=O)C(Cc1c[nH]c2ccccc12)NC(=O)C(N)Cc1cnc[nH]1)C(=O)O. The number of nitrogens with one attached hydrogen (secondary N) is 4. The zero-order chi connectivity index (χ0) is 26.5. The number of carbonyl (C=O) groups excluding carboxylic acids is 3. The second kappa shape index (κ2) is 11.2. The summed E-state index contributed by atoms with van der Waals surface area (Å²) in [6.07, 6.45) is 6.24. The van der Waals surface area contributed by atoms with Gasteiger partial charge in [0.25, 0.3) is 0 Å². The van der Waals surface area contributed by atoms with Crippen molar-refractivity contribution in [1.82, 2.24) is 30.5 Å². The van der Waals surface area contributed by atoms with Crippen LogP contribution in [0.3, 0.4) is 0 Å². The summed E-state index contributed by atoms with van der Waals surface area (Å²) in [5, 5.41) is 15.3. The molecule has 0 radical (unpaired) electrons. The summed E-state index contributed by atoms with van der Waals surface area (Å²) in [6.45, 7) is 1.68. The quantitative estimate of drug-likeness (QED) is 0.223. The van der Waals surface area contributed by atoms with Crippen molar-refractivity contribution in [2.75, 3.05) is 6.54 Å². The molecule has 1 fully saturated rings. The maximum atomic E-state index is 13.8. The first-order valence-electron chi connectivity index (χ1n) is 12.2. The Kier molecular flexibility index (Phi) is 7.87. The lowest BCUT2D eigenvalue weighted by Gasteiger charge is -2.29. The predicted molar refractivity (Wildman–Crippen MR) is 134 cm³/mol. The Labute approximate surface area is 213 Å². The minimum Gasteiger partial charge on any atom is -0.480 e. The van der Waals surface area contributed by atoms with Crippen molar-refractivity contribution >= 4 is 34.6 Å². The molecule has 4 unspecified atom stereocenters. The molecule has 7 N–H and O–H groups in total. The topological polar surface area (TPSA) is 186 Å². The molecule has 1 aromatic carbocycles. The minimum atomic E-state index is -1.17. The summed E-state index contributed by atoms with van der Waals surface area (Å²) in [4.78, 5) is 62.2. The van der Waals surface area contributed by atoms with Crippen LogP contribution in [0.4, 0.5) is 0 Å². The van der Waals surface area contributed by atoms with Gasteiger partial charge in [-0.15, -0.1) is 0 Å². The number of imidazole rings is 1. The van der Waals surface area contributed by atoms with E-state index in [1.165, 1.54) is 18.2 Å². The van der Waals surface area contributed by atoms with Crippen LogP contribution in [0.25, 0.3) is 10.9 Å². The van der Waals surface area contributed by atoms with Crippen LogP contribution in [-0.4, -0.2) is 79.4 Å². The van der Waals surface area contributed by atoms with Crippen molar-refractivity contribution in [3.8, 4) is 0 Å². The van der Waals surface area contributed by atoms with E-state index in [1.54, 1.807) is 12.4 Å². The maximum Gasteiger partial charge on any atom is 0.325 e. The third kappa shape index (κ3) is 5.97. The first-order chi connectivity index (χ1) is 17.7. The number of benzene rings is 1. The number of aliphatic carboxylic acids is 1. The highest BCUT2D eigenvalue weighted by Crippen LogP contribution is 2.23. The zero-order valence-electron chi connectivity index (χ0n) is 20.4. The average molecular weight is 510 g/mol. The molecule has 1 aliphatic heterocycles. The van der Waals surface area contributed by atoms with Gasteiger partial charge in [0.2, 0.25) is 17.7 Å². The summed E-state index contributed by atoms with van der Waals surface area (Å²) in [7, 11) is 0. The molecule has 2 aromatic heterocycles. The Hall–Kier alpha value is -4.19. The Morgan fingerprint density at radius 3 is 2.70 bits per heavy atom. The molecular weight excluding hydrogens is 478 g/mol. The largest absolute Gasteiger partial charge is 0.480 e. The van der Waals surface area contributed by atoms with E-state index in [2.05, 4.69) is 25.6 Å². The number of hydrogen-bond donors (Lipinski definition) is 6. The van der Waals surface area contributed by atoms with E-state index in [1.807, 2.05) is 24.3 Å². The number of aromatic nitrogens is 3. The first-order valence-corrected chi connectivity index (χ1v) is 12.2. The normalized spacial score (nSPS) is 17.8. The lowest BCUT2D eigenvalue weighted by Crippen LogP contribution is -2.57. The van der Waals surface area contributed by atoms with Crippen LogP contribution in [0.2, 0.25) is 0 Å². The molecule has 3 heterocycles. The van der Waals surface area contributed by atoms with Crippen molar-refractivity contribution in [3.63, 3.8) is 0 Å². The first kappa shape index (κ1) is 25.9.